The van der Waals surface area contributed by atoms with E-state index in [2.05, 4.69) is 6.92 Å². The molecule has 0 saturated carbocycles. The van der Waals surface area contributed by atoms with Crippen LogP contribution < -0.4 is 5.73 Å². The first-order chi connectivity index (χ1) is 6.06. The van der Waals surface area contributed by atoms with Gasteiger partial charge < -0.3 is 15.7 Å². The van der Waals surface area contributed by atoms with Crippen LogP contribution in [0.25, 0.3) is 0 Å². The highest BCUT2D eigenvalue weighted by Gasteiger charge is 2.34. The molecule has 0 bridgehead atoms. The number of amides is 1. The molecule has 1 aliphatic rings. The minimum absolute atomic E-state index is 0.0879. The van der Waals surface area contributed by atoms with E-state index >= 15 is 0 Å². The number of aliphatic hydroxyl groups excluding tert-OH is 1. The standard InChI is InChI=1S/C9H18N2O2/c1-6-4-11(5-8(12)3-10)9(13)7(6)2/h6-8,12H,3-5,10H2,1-2H3/t6?,7?,8-/m1/s1. The van der Waals surface area contributed by atoms with Crippen LogP contribution in [-0.2, 0) is 4.79 Å². The fourth-order valence-corrected chi connectivity index (χ4v) is 1.62. The summed E-state index contributed by atoms with van der Waals surface area (Å²) >= 11 is 0. The minimum atomic E-state index is -0.582. The fourth-order valence-electron chi connectivity index (χ4n) is 1.62. The lowest BCUT2D eigenvalue weighted by Crippen LogP contribution is -2.38. The normalized spacial score (nSPS) is 31.1. The van der Waals surface area contributed by atoms with Gasteiger partial charge in [0.2, 0.25) is 5.91 Å². The Bertz CT molecular complexity index is 196. The molecular weight excluding hydrogens is 168 g/mol. The van der Waals surface area contributed by atoms with Crippen LogP contribution in [0, 0.1) is 11.8 Å². The second-order valence-corrected chi connectivity index (χ2v) is 3.90. The summed E-state index contributed by atoms with van der Waals surface area (Å²) < 4.78 is 0. The Labute approximate surface area is 78.7 Å². The van der Waals surface area contributed by atoms with Crippen LogP contribution in [0.2, 0.25) is 0 Å². The molecule has 2 unspecified atom stereocenters. The van der Waals surface area contributed by atoms with Crippen molar-refractivity contribution in [2.75, 3.05) is 19.6 Å². The molecule has 0 aromatic carbocycles. The summed E-state index contributed by atoms with van der Waals surface area (Å²) in [6.45, 7) is 5.33. The van der Waals surface area contributed by atoms with Crippen LogP contribution in [0.4, 0.5) is 0 Å². The lowest BCUT2D eigenvalue weighted by atomic mass is 10.0. The first kappa shape index (κ1) is 10.5. The van der Waals surface area contributed by atoms with Gasteiger partial charge in [-0.15, -0.1) is 0 Å². The third-order valence-corrected chi connectivity index (χ3v) is 2.77. The fraction of sp³-hybridized carbons (Fsp3) is 0.889. The third-order valence-electron chi connectivity index (χ3n) is 2.77. The van der Waals surface area contributed by atoms with E-state index in [4.69, 9.17) is 5.73 Å². The Balaban J connectivity index is 2.49. The number of carbonyl (C=O) groups is 1. The maximum Gasteiger partial charge on any atom is 0.225 e. The van der Waals surface area contributed by atoms with Gasteiger partial charge in [-0.25, -0.2) is 0 Å². The van der Waals surface area contributed by atoms with Crippen molar-refractivity contribution in [3.05, 3.63) is 0 Å². The van der Waals surface area contributed by atoms with E-state index in [9.17, 15) is 9.90 Å². The number of rotatable bonds is 3. The van der Waals surface area contributed by atoms with Crippen molar-refractivity contribution in [3.8, 4) is 0 Å². The molecule has 76 valence electrons. The van der Waals surface area contributed by atoms with Gasteiger partial charge in [-0.3, -0.25) is 4.79 Å². The zero-order valence-electron chi connectivity index (χ0n) is 8.23. The average Bonchev–Trinajstić information content (AvgIpc) is 2.34. The van der Waals surface area contributed by atoms with Gasteiger partial charge in [-0.2, -0.15) is 0 Å². The molecule has 4 nitrogen and oxygen atoms in total. The zero-order valence-corrected chi connectivity index (χ0v) is 8.23. The molecule has 0 aromatic heterocycles. The summed E-state index contributed by atoms with van der Waals surface area (Å²) in [7, 11) is 0. The molecule has 1 rings (SSSR count). The average molecular weight is 186 g/mol. The summed E-state index contributed by atoms with van der Waals surface area (Å²) in [6, 6.07) is 0. The summed E-state index contributed by atoms with van der Waals surface area (Å²) in [6.07, 6.45) is -0.582. The molecule has 0 radical (unpaired) electrons. The van der Waals surface area contributed by atoms with Gasteiger partial charge in [0.1, 0.15) is 0 Å². The molecule has 13 heavy (non-hydrogen) atoms. The van der Waals surface area contributed by atoms with Gasteiger partial charge in [-0.05, 0) is 5.92 Å². The van der Waals surface area contributed by atoms with Gasteiger partial charge >= 0.3 is 0 Å². The van der Waals surface area contributed by atoms with Crippen LogP contribution in [0.5, 0.6) is 0 Å². The number of nitrogens with two attached hydrogens (primary N) is 1. The summed E-state index contributed by atoms with van der Waals surface area (Å²) in [5, 5.41) is 9.29. The lowest BCUT2D eigenvalue weighted by Gasteiger charge is -2.19. The Morgan fingerprint density at radius 1 is 1.69 bits per heavy atom. The zero-order chi connectivity index (χ0) is 10.0. The molecular formula is C9H18N2O2. The smallest absolute Gasteiger partial charge is 0.225 e. The monoisotopic (exact) mass is 186 g/mol. The van der Waals surface area contributed by atoms with Crippen molar-refractivity contribution < 1.29 is 9.90 Å². The Morgan fingerprint density at radius 2 is 2.31 bits per heavy atom. The van der Waals surface area contributed by atoms with Crippen LogP contribution in [0.15, 0.2) is 0 Å². The number of likely N-dealkylation sites (tertiary alicyclic amines) is 1. The largest absolute Gasteiger partial charge is 0.390 e. The van der Waals surface area contributed by atoms with Crippen LogP contribution >= 0.6 is 0 Å². The van der Waals surface area contributed by atoms with Gasteiger partial charge in [0, 0.05) is 25.6 Å². The highest BCUT2D eigenvalue weighted by molar-refractivity contribution is 5.80. The number of hydrogen-bond donors (Lipinski definition) is 2. The second-order valence-electron chi connectivity index (χ2n) is 3.90. The second kappa shape index (κ2) is 4.07. The molecule has 0 aromatic rings. The van der Waals surface area contributed by atoms with E-state index in [1.807, 2.05) is 6.92 Å². The SMILES string of the molecule is CC1CN(C[C@H](O)CN)C(=O)C1C. The van der Waals surface area contributed by atoms with E-state index in [-0.39, 0.29) is 18.4 Å². The van der Waals surface area contributed by atoms with Crippen molar-refractivity contribution in [1.29, 1.82) is 0 Å². The quantitative estimate of drug-likeness (QED) is 0.619. The molecule has 0 spiro atoms. The van der Waals surface area contributed by atoms with Crippen molar-refractivity contribution in [2.45, 2.75) is 20.0 Å². The maximum atomic E-state index is 11.5. The highest BCUT2D eigenvalue weighted by atomic mass is 16.3. The lowest BCUT2D eigenvalue weighted by molar-refractivity contribution is -0.131. The summed E-state index contributed by atoms with van der Waals surface area (Å²) in [4.78, 5) is 13.2. The Morgan fingerprint density at radius 3 is 2.69 bits per heavy atom. The molecule has 3 atom stereocenters. The van der Waals surface area contributed by atoms with Crippen molar-refractivity contribution in [3.63, 3.8) is 0 Å². The number of nitrogens with zero attached hydrogens (tertiary/aromatic N) is 1. The topological polar surface area (TPSA) is 66.6 Å². The first-order valence-electron chi connectivity index (χ1n) is 4.73. The molecule has 0 aliphatic carbocycles. The van der Waals surface area contributed by atoms with Crippen molar-refractivity contribution >= 4 is 5.91 Å². The molecule has 1 saturated heterocycles. The van der Waals surface area contributed by atoms with E-state index in [1.165, 1.54) is 0 Å². The van der Waals surface area contributed by atoms with Gasteiger partial charge in [0.05, 0.1) is 6.10 Å². The summed E-state index contributed by atoms with van der Waals surface area (Å²) in [5.74, 6) is 0.613. The molecule has 3 N–H and O–H groups in total. The van der Waals surface area contributed by atoms with Crippen LogP contribution in [0.1, 0.15) is 13.8 Å². The van der Waals surface area contributed by atoms with Crippen LogP contribution in [-0.4, -0.2) is 41.7 Å². The molecule has 1 fully saturated rings. The minimum Gasteiger partial charge on any atom is -0.390 e. The van der Waals surface area contributed by atoms with Gasteiger partial charge in [-0.1, -0.05) is 13.8 Å². The van der Waals surface area contributed by atoms with Crippen molar-refractivity contribution in [1.82, 2.24) is 4.90 Å². The molecule has 1 heterocycles. The third kappa shape index (κ3) is 2.19. The van der Waals surface area contributed by atoms with Gasteiger partial charge in [0.15, 0.2) is 0 Å². The number of hydrogen-bond acceptors (Lipinski definition) is 3. The predicted octanol–water partition coefficient (Wildman–Crippen LogP) is -0.580. The number of β-amino-alcohol motifs (C(OH)–C–C–N with tert-alkyl or cyclic N) is 1. The van der Waals surface area contributed by atoms with E-state index in [1.54, 1.807) is 4.90 Å². The molecule has 1 amide bonds. The van der Waals surface area contributed by atoms with E-state index in [0.717, 1.165) is 6.54 Å². The van der Waals surface area contributed by atoms with E-state index < -0.39 is 6.10 Å². The van der Waals surface area contributed by atoms with Gasteiger partial charge in [0.25, 0.3) is 0 Å². The first-order valence-corrected chi connectivity index (χ1v) is 4.73. The number of carbonyl (C=O) groups excluding carboxylic acids is 1. The number of aliphatic hydroxyl groups is 1. The van der Waals surface area contributed by atoms with Crippen LogP contribution in [0.3, 0.4) is 0 Å². The Hall–Kier alpha value is -0.610. The predicted molar refractivity (Wildman–Crippen MR) is 50.0 cm³/mol. The van der Waals surface area contributed by atoms with Crippen molar-refractivity contribution in [2.24, 2.45) is 17.6 Å². The molecule has 1 aliphatic heterocycles. The maximum absolute atomic E-state index is 11.5. The molecule has 4 heteroatoms. The van der Waals surface area contributed by atoms with E-state index in [0.29, 0.717) is 12.5 Å². The highest BCUT2D eigenvalue weighted by Crippen LogP contribution is 2.23. The summed E-state index contributed by atoms with van der Waals surface area (Å²) in [5.41, 5.74) is 5.28. The Kier molecular flexibility index (Phi) is 3.27.